The third kappa shape index (κ3) is 3.74. The Kier molecular flexibility index (Phi) is 6.19. The fourth-order valence-electron chi connectivity index (χ4n) is 4.92. The van der Waals surface area contributed by atoms with Gasteiger partial charge >= 0.3 is 0 Å². The topological polar surface area (TPSA) is 132 Å². The quantitative estimate of drug-likeness (QED) is 0.498. The molecular weight excluding hydrogens is 452 g/mol. The Balaban J connectivity index is 1.88. The van der Waals surface area contributed by atoms with Gasteiger partial charge in [0.05, 0.1) is 17.2 Å². The number of ketones is 1. The smallest absolute Gasteiger partial charge is 0.286 e. The molecule has 2 aliphatic rings. The number of nitrogens with one attached hydrogen (secondary N) is 2. The van der Waals surface area contributed by atoms with Crippen molar-refractivity contribution < 1.29 is 18.3 Å². The first kappa shape index (κ1) is 23.5. The number of carbonyl (C=O) groups excluding carboxylic acids is 1. The summed E-state index contributed by atoms with van der Waals surface area (Å²) in [5, 5.41) is 25.7. The minimum Gasteiger partial charge on any atom is -0.506 e. The minimum absolute atomic E-state index is 0.0202. The predicted molar refractivity (Wildman–Crippen MR) is 131 cm³/mol. The van der Waals surface area contributed by atoms with Crippen molar-refractivity contribution in [1.29, 1.82) is 5.26 Å². The van der Waals surface area contributed by atoms with E-state index in [2.05, 4.69) is 15.0 Å². The van der Waals surface area contributed by atoms with Crippen LogP contribution in [0.5, 0.6) is 0 Å². The third-order valence-electron chi connectivity index (χ3n) is 6.28. The number of nitriles is 1. The molecule has 0 aromatic heterocycles. The van der Waals surface area contributed by atoms with Gasteiger partial charge in [0.15, 0.2) is 11.6 Å². The van der Waals surface area contributed by atoms with Crippen LogP contribution in [0, 0.1) is 11.3 Å². The van der Waals surface area contributed by atoms with Crippen LogP contribution in [0.1, 0.15) is 50.7 Å². The molecule has 0 atom stereocenters. The molecule has 0 spiro atoms. The molecule has 0 radical (unpaired) electrons. The van der Waals surface area contributed by atoms with Crippen molar-refractivity contribution >= 4 is 38.8 Å². The van der Waals surface area contributed by atoms with Crippen molar-refractivity contribution in [3.05, 3.63) is 59.2 Å². The van der Waals surface area contributed by atoms with E-state index in [1.54, 1.807) is 24.3 Å². The number of aliphatic hydroxyl groups is 1. The lowest BCUT2D eigenvalue weighted by Crippen LogP contribution is -2.44. The molecule has 3 N–H and O–H groups in total. The van der Waals surface area contributed by atoms with Gasteiger partial charge in [0.1, 0.15) is 22.8 Å². The summed E-state index contributed by atoms with van der Waals surface area (Å²) in [6.45, 7) is 4.02. The van der Waals surface area contributed by atoms with Gasteiger partial charge in [0.2, 0.25) is 0 Å². The lowest BCUT2D eigenvalue weighted by Gasteiger charge is -2.39. The summed E-state index contributed by atoms with van der Waals surface area (Å²) in [4.78, 5) is 13.9. The summed E-state index contributed by atoms with van der Waals surface area (Å²) >= 11 is 0. The Morgan fingerprint density at radius 3 is 2.53 bits per heavy atom. The van der Waals surface area contributed by atoms with Crippen LogP contribution in [0.15, 0.2) is 57.3 Å². The number of amidine groups is 1. The molecule has 0 fully saturated rings. The van der Waals surface area contributed by atoms with Gasteiger partial charge < -0.3 is 15.7 Å². The van der Waals surface area contributed by atoms with Crippen LogP contribution in [-0.4, -0.2) is 31.7 Å². The summed E-state index contributed by atoms with van der Waals surface area (Å²) in [6, 6.07) is 13.7. The maximum Gasteiger partial charge on any atom is 0.286 e. The first-order valence-electron chi connectivity index (χ1n) is 11.2. The van der Waals surface area contributed by atoms with E-state index in [-0.39, 0.29) is 40.1 Å². The predicted octanol–water partition coefficient (Wildman–Crippen LogP) is 4.52. The van der Waals surface area contributed by atoms with Crippen molar-refractivity contribution in [3.63, 3.8) is 0 Å². The molecule has 0 saturated heterocycles. The van der Waals surface area contributed by atoms with E-state index in [4.69, 9.17) is 5.26 Å². The zero-order valence-corrected chi connectivity index (χ0v) is 19.9. The standard InChI is InChI=1S/C25H26N4O4S/c1-3-11-25(12-4-2)18-8-6-5-7-17(18)22(30)21(23(25)31)24-28-19-10-9-16(27-14-13-26)15-20(19)34(32,33)29-24/h5-10,15,27,30H,3-4,11-12,14H2,1-2H3,(H,28,29). The van der Waals surface area contributed by atoms with Gasteiger partial charge in [-0.25, -0.2) is 0 Å². The largest absolute Gasteiger partial charge is 0.506 e. The molecular formula is C25H26N4O4S. The highest BCUT2D eigenvalue weighted by Gasteiger charge is 2.48. The van der Waals surface area contributed by atoms with E-state index in [0.29, 0.717) is 24.1 Å². The third-order valence-corrected chi connectivity index (χ3v) is 7.60. The molecule has 1 aliphatic heterocycles. The number of rotatable bonds is 7. The van der Waals surface area contributed by atoms with E-state index < -0.39 is 15.4 Å². The number of hydrogen-bond donors (Lipinski definition) is 3. The highest BCUT2D eigenvalue weighted by molar-refractivity contribution is 7.90. The van der Waals surface area contributed by atoms with E-state index in [9.17, 15) is 18.3 Å². The van der Waals surface area contributed by atoms with E-state index in [0.717, 1.165) is 18.4 Å². The summed E-state index contributed by atoms with van der Waals surface area (Å²) < 4.78 is 30.1. The summed E-state index contributed by atoms with van der Waals surface area (Å²) in [5.41, 5.74) is 0.998. The van der Waals surface area contributed by atoms with E-state index >= 15 is 0 Å². The van der Waals surface area contributed by atoms with Crippen molar-refractivity contribution in [2.45, 2.75) is 49.8 Å². The fourth-order valence-corrected chi connectivity index (χ4v) is 6.07. The molecule has 0 amide bonds. The highest BCUT2D eigenvalue weighted by atomic mass is 32.2. The molecule has 9 heteroatoms. The van der Waals surface area contributed by atoms with E-state index in [1.165, 1.54) is 6.07 Å². The number of fused-ring (bicyclic) bond motifs is 2. The second-order valence-electron chi connectivity index (χ2n) is 8.44. The zero-order chi connectivity index (χ0) is 24.5. The molecule has 1 heterocycles. The average Bonchev–Trinajstić information content (AvgIpc) is 2.81. The number of sulfonamides is 1. The molecule has 34 heavy (non-hydrogen) atoms. The first-order valence-corrected chi connectivity index (χ1v) is 12.7. The highest BCUT2D eigenvalue weighted by Crippen LogP contribution is 2.46. The lowest BCUT2D eigenvalue weighted by molar-refractivity contribution is -0.121. The Morgan fingerprint density at radius 2 is 1.85 bits per heavy atom. The van der Waals surface area contributed by atoms with Crippen LogP contribution in [-0.2, 0) is 20.2 Å². The van der Waals surface area contributed by atoms with Crippen LogP contribution in [0.3, 0.4) is 0 Å². The second kappa shape index (κ2) is 8.95. The second-order valence-corrected chi connectivity index (χ2v) is 10.0. The fraction of sp³-hybridized carbons (Fsp3) is 0.320. The number of carbonyl (C=O) groups is 1. The summed E-state index contributed by atoms with van der Waals surface area (Å²) in [6.07, 6.45) is 2.62. The van der Waals surface area contributed by atoms with Crippen LogP contribution in [0.2, 0.25) is 0 Å². The van der Waals surface area contributed by atoms with Gasteiger partial charge in [-0.1, -0.05) is 51.0 Å². The number of hydrogen-bond acceptors (Lipinski definition) is 7. The number of aliphatic hydroxyl groups excluding tert-OH is 1. The lowest BCUT2D eigenvalue weighted by atomic mass is 9.63. The Hall–Kier alpha value is -3.64. The number of benzene rings is 2. The van der Waals surface area contributed by atoms with Gasteiger partial charge in [-0.3, -0.25) is 4.79 Å². The van der Waals surface area contributed by atoms with Gasteiger partial charge in [-0.2, -0.15) is 13.7 Å². The molecule has 2 aromatic rings. The molecule has 4 rings (SSSR count). The molecule has 176 valence electrons. The van der Waals surface area contributed by atoms with Gasteiger partial charge in [0, 0.05) is 11.3 Å². The van der Waals surface area contributed by atoms with Crippen LogP contribution in [0.25, 0.3) is 5.76 Å². The Bertz CT molecular complexity index is 1360. The molecule has 8 nitrogen and oxygen atoms in total. The molecule has 2 aromatic carbocycles. The SMILES string of the molecule is CCCC1(CCC)C(=O)C(C2=NS(=O)(=O)c3cc(NCC#N)ccc3N2)=C(O)c2ccccc21. The molecule has 0 unspecified atom stereocenters. The van der Waals surface area contributed by atoms with Gasteiger partial charge in [-0.15, -0.1) is 4.40 Å². The minimum atomic E-state index is -4.17. The maximum atomic E-state index is 14.0. The van der Waals surface area contributed by atoms with Crippen LogP contribution < -0.4 is 10.6 Å². The number of anilines is 2. The molecule has 1 aliphatic carbocycles. The van der Waals surface area contributed by atoms with E-state index in [1.807, 2.05) is 32.0 Å². The first-order chi connectivity index (χ1) is 16.3. The zero-order valence-electron chi connectivity index (χ0n) is 19.1. The van der Waals surface area contributed by atoms with Crippen molar-refractivity contribution in [1.82, 2.24) is 0 Å². The normalized spacial score (nSPS) is 17.7. The number of nitrogens with zero attached hydrogens (tertiary/aromatic N) is 2. The Morgan fingerprint density at radius 1 is 1.15 bits per heavy atom. The monoisotopic (exact) mass is 478 g/mol. The summed E-state index contributed by atoms with van der Waals surface area (Å²) in [5.74, 6) is -0.788. The summed E-state index contributed by atoms with van der Waals surface area (Å²) in [7, 11) is -4.17. The van der Waals surface area contributed by atoms with Crippen LogP contribution in [0.4, 0.5) is 11.4 Å². The maximum absolute atomic E-state index is 14.0. The molecule has 0 saturated carbocycles. The van der Waals surface area contributed by atoms with Gasteiger partial charge in [0.25, 0.3) is 10.0 Å². The van der Waals surface area contributed by atoms with Crippen molar-refractivity contribution in [2.24, 2.45) is 4.40 Å². The number of Topliss-reactive ketones (excluding diaryl/α,β-unsaturated/α-hetero) is 1. The van der Waals surface area contributed by atoms with Crippen LogP contribution >= 0.6 is 0 Å². The molecule has 0 bridgehead atoms. The van der Waals surface area contributed by atoms with Crippen molar-refractivity contribution in [3.8, 4) is 6.07 Å². The van der Waals surface area contributed by atoms with Crippen molar-refractivity contribution in [2.75, 3.05) is 17.2 Å². The Labute approximate surface area is 199 Å². The van der Waals surface area contributed by atoms with Gasteiger partial charge in [-0.05, 0) is 36.6 Å². The average molecular weight is 479 g/mol.